The van der Waals surface area contributed by atoms with Crippen molar-refractivity contribution in [2.45, 2.75) is 31.6 Å². The van der Waals surface area contributed by atoms with Crippen molar-refractivity contribution in [2.24, 2.45) is 11.1 Å². The molecule has 1 aliphatic carbocycles. The van der Waals surface area contributed by atoms with E-state index in [1.165, 1.54) is 0 Å². The molecule has 1 aromatic heterocycles. The van der Waals surface area contributed by atoms with Crippen molar-refractivity contribution in [1.29, 1.82) is 0 Å². The van der Waals surface area contributed by atoms with Crippen molar-refractivity contribution in [2.75, 3.05) is 13.1 Å². The highest BCUT2D eigenvalue weighted by atomic mass is 35.5. The van der Waals surface area contributed by atoms with Gasteiger partial charge < -0.3 is 15.2 Å². The van der Waals surface area contributed by atoms with E-state index in [0.717, 1.165) is 18.4 Å². The number of benzene rings is 1. The van der Waals surface area contributed by atoms with E-state index in [2.05, 4.69) is 10.1 Å². The van der Waals surface area contributed by atoms with Gasteiger partial charge in [-0.05, 0) is 37.8 Å². The van der Waals surface area contributed by atoms with Crippen LogP contribution in [-0.4, -0.2) is 39.9 Å². The lowest BCUT2D eigenvalue weighted by Crippen LogP contribution is -2.47. The highest BCUT2D eigenvalue weighted by molar-refractivity contribution is 6.30. The Bertz CT molecular complexity index is 862. The number of hydrogen-bond acceptors (Lipinski definition) is 5. The lowest BCUT2D eigenvalue weighted by atomic mass is 9.95. The normalized spacial score (nSPS) is 21.4. The van der Waals surface area contributed by atoms with Gasteiger partial charge in [0.25, 0.3) is 0 Å². The number of nitrogens with two attached hydrogens (primary N) is 1. The number of carbonyl (C=O) groups excluding carboxylic acids is 2. The summed E-state index contributed by atoms with van der Waals surface area (Å²) in [4.78, 5) is 30.5. The Labute approximate surface area is 155 Å². The highest BCUT2D eigenvalue weighted by Gasteiger charge is 2.57. The monoisotopic (exact) mass is 374 g/mol. The molecule has 26 heavy (non-hydrogen) atoms. The third-order valence-electron chi connectivity index (χ3n) is 5.21. The highest BCUT2D eigenvalue weighted by Crippen LogP contribution is 2.47. The second-order valence-electron chi connectivity index (χ2n) is 7.00. The second kappa shape index (κ2) is 6.39. The smallest absolute Gasteiger partial charge is 0.238 e. The number of likely N-dealkylation sites (tertiary alicyclic amines) is 1. The predicted molar refractivity (Wildman–Crippen MR) is 94.2 cm³/mol. The molecule has 2 N–H and O–H groups in total. The fraction of sp³-hybridized carbons (Fsp3) is 0.444. The molecular formula is C18H19ClN4O3. The zero-order chi connectivity index (χ0) is 18.3. The molecule has 2 aliphatic rings. The molecule has 2 aromatic rings. The van der Waals surface area contributed by atoms with E-state index in [4.69, 9.17) is 21.9 Å². The number of carbonyl (C=O) groups is 2. The van der Waals surface area contributed by atoms with Crippen molar-refractivity contribution in [3.63, 3.8) is 0 Å². The Morgan fingerprint density at radius 2 is 2.15 bits per heavy atom. The van der Waals surface area contributed by atoms with Gasteiger partial charge in [0.05, 0.1) is 5.92 Å². The third kappa shape index (κ3) is 2.96. The minimum absolute atomic E-state index is 0.0446. The molecule has 7 nitrogen and oxygen atoms in total. The van der Waals surface area contributed by atoms with E-state index >= 15 is 0 Å². The number of amides is 2. The van der Waals surface area contributed by atoms with E-state index in [-0.39, 0.29) is 11.8 Å². The van der Waals surface area contributed by atoms with Gasteiger partial charge >= 0.3 is 0 Å². The first-order valence-electron chi connectivity index (χ1n) is 8.68. The Hall–Kier alpha value is -2.41. The minimum atomic E-state index is -0.983. The molecule has 1 saturated heterocycles. The summed E-state index contributed by atoms with van der Waals surface area (Å²) in [5.74, 6) is 0.245. The number of nitrogens with zero attached hydrogens (tertiary/aromatic N) is 3. The van der Waals surface area contributed by atoms with Crippen LogP contribution in [0.3, 0.4) is 0 Å². The summed E-state index contributed by atoms with van der Waals surface area (Å²) in [6.45, 7) is 1.09. The van der Waals surface area contributed by atoms with E-state index in [1.54, 1.807) is 17.0 Å². The van der Waals surface area contributed by atoms with Gasteiger partial charge in [-0.1, -0.05) is 28.9 Å². The van der Waals surface area contributed by atoms with Crippen molar-refractivity contribution < 1.29 is 14.1 Å². The van der Waals surface area contributed by atoms with Crippen LogP contribution >= 0.6 is 11.6 Å². The Balaban J connectivity index is 1.50. The molecule has 2 fully saturated rings. The summed E-state index contributed by atoms with van der Waals surface area (Å²) in [6.07, 6.45) is 2.76. The van der Waals surface area contributed by atoms with Crippen molar-refractivity contribution in [1.82, 2.24) is 15.0 Å². The summed E-state index contributed by atoms with van der Waals surface area (Å²) in [5.41, 5.74) is 5.22. The molecule has 2 amide bonds. The summed E-state index contributed by atoms with van der Waals surface area (Å²) < 4.78 is 5.44. The van der Waals surface area contributed by atoms with Crippen LogP contribution in [0.5, 0.6) is 0 Å². The molecule has 2 heterocycles. The van der Waals surface area contributed by atoms with Gasteiger partial charge in [-0.25, -0.2) is 0 Å². The zero-order valence-electron chi connectivity index (χ0n) is 14.2. The quantitative estimate of drug-likeness (QED) is 0.827. The molecule has 8 heteroatoms. The molecule has 4 rings (SSSR count). The maximum absolute atomic E-state index is 12.7. The number of primary amides is 1. The number of hydrogen-bond donors (Lipinski definition) is 1. The molecule has 136 valence electrons. The van der Waals surface area contributed by atoms with Crippen molar-refractivity contribution in [3.05, 3.63) is 35.2 Å². The average molecular weight is 375 g/mol. The first-order valence-corrected chi connectivity index (χ1v) is 9.06. The topological polar surface area (TPSA) is 102 Å². The van der Waals surface area contributed by atoms with E-state index < -0.39 is 11.3 Å². The molecule has 1 aliphatic heterocycles. The molecule has 0 bridgehead atoms. The van der Waals surface area contributed by atoms with Crippen LogP contribution in [0.4, 0.5) is 0 Å². The lowest BCUT2D eigenvalue weighted by Gasteiger charge is -2.33. The summed E-state index contributed by atoms with van der Waals surface area (Å²) in [7, 11) is 0. The van der Waals surface area contributed by atoms with Crippen LogP contribution in [-0.2, 0) is 9.59 Å². The molecule has 0 spiro atoms. The van der Waals surface area contributed by atoms with Gasteiger partial charge in [0.2, 0.25) is 23.5 Å². The number of rotatable bonds is 4. The maximum atomic E-state index is 12.7. The Morgan fingerprint density at radius 3 is 2.85 bits per heavy atom. The third-order valence-corrected chi connectivity index (χ3v) is 5.45. The van der Waals surface area contributed by atoms with Crippen LogP contribution in [0, 0.1) is 5.41 Å². The predicted octanol–water partition coefficient (Wildman–Crippen LogP) is 2.36. The SMILES string of the molecule is NC(=O)C1(C(=O)N2CCCC(c3nc(-c4cccc(Cl)c4)no3)C2)CC1. The van der Waals surface area contributed by atoms with Crippen LogP contribution in [0.25, 0.3) is 11.4 Å². The second-order valence-corrected chi connectivity index (χ2v) is 7.44. The molecule has 1 unspecified atom stereocenters. The molecule has 1 atom stereocenters. The molecular weight excluding hydrogens is 356 g/mol. The maximum Gasteiger partial charge on any atom is 0.238 e. The first-order chi connectivity index (χ1) is 12.5. The number of aromatic nitrogens is 2. The van der Waals surface area contributed by atoms with E-state index in [1.807, 2.05) is 12.1 Å². The molecule has 0 radical (unpaired) electrons. The number of halogens is 1. The Morgan fingerprint density at radius 1 is 1.35 bits per heavy atom. The van der Waals surface area contributed by atoms with Crippen LogP contribution < -0.4 is 5.73 Å². The summed E-state index contributed by atoms with van der Waals surface area (Å²) in [6, 6.07) is 7.24. The summed E-state index contributed by atoms with van der Waals surface area (Å²) >= 11 is 6.01. The lowest BCUT2D eigenvalue weighted by molar-refractivity contribution is -0.144. The summed E-state index contributed by atoms with van der Waals surface area (Å²) in [5, 5.41) is 4.64. The van der Waals surface area contributed by atoms with Crippen LogP contribution in [0.1, 0.15) is 37.5 Å². The van der Waals surface area contributed by atoms with Crippen molar-refractivity contribution in [3.8, 4) is 11.4 Å². The fourth-order valence-corrected chi connectivity index (χ4v) is 3.69. The van der Waals surface area contributed by atoms with Gasteiger partial charge in [0, 0.05) is 23.7 Å². The standard InChI is InChI=1S/C18H19ClN4O3/c19-13-5-1-3-11(9-13)14-21-15(26-22-14)12-4-2-8-23(10-12)17(25)18(6-7-18)16(20)24/h1,3,5,9,12H,2,4,6-8,10H2,(H2,20,24). The van der Waals surface area contributed by atoms with Crippen molar-refractivity contribution >= 4 is 23.4 Å². The fourth-order valence-electron chi connectivity index (χ4n) is 3.50. The first kappa shape index (κ1) is 17.0. The van der Waals surface area contributed by atoms with Crippen LogP contribution in [0.2, 0.25) is 5.02 Å². The van der Waals surface area contributed by atoms with Gasteiger partial charge in [0.1, 0.15) is 5.41 Å². The molecule has 1 aromatic carbocycles. The van der Waals surface area contributed by atoms with Gasteiger partial charge in [0.15, 0.2) is 0 Å². The number of piperidine rings is 1. The average Bonchev–Trinajstić information content (AvgIpc) is 3.31. The van der Waals surface area contributed by atoms with Gasteiger partial charge in [-0.15, -0.1) is 0 Å². The van der Waals surface area contributed by atoms with Gasteiger partial charge in [-0.2, -0.15) is 4.98 Å². The zero-order valence-corrected chi connectivity index (χ0v) is 14.9. The van der Waals surface area contributed by atoms with Gasteiger partial charge in [-0.3, -0.25) is 9.59 Å². The molecule has 1 saturated carbocycles. The van der Waals surface area contributed by atoms with E-state index in [9.17, 15) is 9.59 Å². The largest absolute Gasteiger partial charge is 0.369 e. The van der Waals surface area contributed by atoms with Crippen LogP contribution in [0.15, 0.2) is 28.8 Å². The van der Waals surface area contributed by atoms with E-state index in [0.29, 0.717) is 42.7 Å². The Kier molecular flexibility index (Phi) is 4.19. The minimum Gasteiger partial charge on any atom is -0.369 e.